The first kappa shape index (κ1) is 24.7. The summed E-state index contributed by atoms with van der Waals surface area (Å²) in [5.74, 6) is 0.541. The average Bonchev–Trinajstić information content (AvgIpc) is 3.28. The number of nitrogens with zero attached hydrogens (tertiary/aromatic N) is 4. The molecule has 0 amide bonds. The number of nitrogens with one attached hydrogen (secondary N) is 2. The molecule has 0 aliphatic carbocycles. The van der Waals surface area contributed by atoms with Crippen LogP contribution in [0.25, 0.3) is 22.3 Å². The van der Waals surface area contributed by atoms with Gasteiger partial charge in [-0.3, -0.25) is 4.72 Å². The van der Waals surface area contributed by atoms with Gasteiger partial charge in [0.05, 0.1) is 11.6 Å². The van der Waals surface area contributed by atoms with Gasteiger partial charge in [-0.25, -0.2) is 18.4 Å². The number of ether oxygens (including phenoxy) is 1. The number of sulfonamides is 1. The van der Waals surface area contributed by atoms with Crippen molar-refractivity contribution in [1.82, 2.24) is 15.0 Å². The number of anilines is 3. The number of hydrogen-bond donors (Lipinski definition) is 2. The zero-order valence-electron chi connectivity index (χ0n) is 19.7. The molecular weight excluding hydrogens is 509 g/mol. The number of hydrogen-bond acceptors (Lipinski definition) is 7. The zero-order chi connectivity index (χ0) is 26.2. The lowest BCUT2D eigenvalue weighted by Gasteiger charge is -2.36. The summed E-state index contributed by atoms with van der Waals surface area (Å²) in [6.07, 6.45) is -2.11. The average molecular weight is 533 g/mol. The molecule has 0 radical (unpaired) electrons. The number of aromatic nitrogens is 3. The second-order valence-corrected chi connectivity index (χ2v) is 10.4. The monoisotopic (exact) mass is 532 g/mol. The minimum atomic E-state index is -4.72. The van der Waals surface area contributed by atoms with Gasteiger partial charge in [0.1, 0.15) is 23.5 Å². The van der Waals surface area contributed by atoms with Crippen LogP contribution in [0.2, 0.25) is 0 Å². The quantitative estimate of drug-likeness (QED) is 0.383. The van der Waals surface area contributed by atoms with E-state index in [0.29, 0.717) is 37.5 Å². The van der Waals surface area contributed by atoms with E-state index in [0.717, 1.165) is 34.4 Å². The zero-order valence-corrected chi connectivity index (χ0v) is 20.5. The molecule has 0 spiro atoms. The maximum absolute atomic E-state index is 12.4. The Balaban J connectivity index is 1.29. The SMILES string of the molecule is CS(=O)(=O)Nc1ccc(-c2cc3c(N4CCN(c5ccc(OC(F)(F)F)cc5)CC4)ncnc3[nH]2)cc1. The first-order chi connectivity index (χ1) is 17.5. The minimum absolute atomic E-state index is 0.247. The third-order valence-electron chi connectivity index (χ3n) is 5.92. The van der Waals surface area contributed by atoms with E-state index < -0.39 is 16.4 Å². The summed E-state index contributed by atoms with van der Waals surface area (Å²) in [5.41, 5.74) is 3.66. The molecule has 2 aromatic carbocycles. The molecule has 1 saturated heterocycles. The highest BCUT2D eigenvalue weighted by molar-refractivity contribution is 7.92. The number of rotatable bonds is 6. The fourth-order valence-electron chi connectivity index (χ4n) is 4.30. The molecule has 2 N–H and O–H groups in total. The summed E-state index contributed by atoms with van der Waals surface area (Å²) in [4.78, 5) is 16.4. The summed E-state index contributed by atoms with van der Waals surface area (Å²) >= 11 is 0. The lowest BCUT2D eigenvalue weighted by atomic mass is 10.1. The maximum atomic E-state index is 12.4. The van der Waals surface area contributed by atoms with Crippen LogP contribution in [0.1, 0.15) is 0 Å². The lowest BCUT2D eigenvalue weighted by Crippen LogP contribution is -2.46. The van der Waals surface area contributed by atoms with E-state index in [1.807, 2.05) is 18.2 Å². The highest BCUT2D eigenvalue weighted by atomic mass is 32.2. The van der Waals surface area contributed by atoms with Gasteiger partial charge in [-0.15, -0.1) is 13.2 Å². The largest absolute Gasteiger partial charge is 0.573 e. The molecule has 0 bridgehead atoms. The molecule has 1 aliphatic heterocycles. The molecule has 1 fully saturated rings. The summed E-state index contributed by atoms with van der Waals surface area (Å²) in [6, 6.07) is 14.8. The summed E-state index contributed by atoms with van der Waals surface area (Å²) in [6.45, 7) is 2.66. The summed E-state index contributed by atoms with van der Waals surface area (Å²) in [7, 11) is -3.36. The lowest BCUT2D eigenvalue weighted by molar-refractivity contribution is -0.274. The highest BCUT2D eigenvalue weighted by Gasteiger charge is 2.31. The molecule has 0 saturated carbocycles. The van der Waals surface area contributed by atoms with E-state index in [2.05, 4.69) is 34.2 Å². The number of H-pyrrole nitrogens is 1. The maximum Gasteiger partial charge on any atom is 0.573 e. The van der Waals surface area contributed by atoms with Gasteiger partial charge in [-0.1, -0.05) is 12.1 Å². The standard InChI is InChI=1S/C24H23F3N6O3S/c1-37(34,35)31-17-4-2-16(3-5-17)21-14-20-22(30-21)28-15-29-23(20)33-12-10-32(11-13-33)18-6-8-19(9-7-18)36-24(25,26)27/h2-9,14-15,31H,10-13H2,1H3,(H,28,29,30). The van der Waals surface area contributed by atoms with Crippen molar-refractivity contribution in [2.24, 2.45) is 0 Å². The normalized spacial score (nSPS) is 14.7. The van der Waals surface area contributed by atoms with Gasteiger partial charge in [-0.2, -0.15) is 0 Å². The van der Waals surface area contributed by atoms with Crippen molar-refractivity contribution in [2.45, 2.75) is 6.36 Å². The van der Waals surface area contributed by atoms with Crippen LogP contribution in [-0.2, 0) is 10.0 Å². The predicted molar refractivity (Wildman–Crippen MR) is 135 cm³/mol. The van der Waals surface area contributed by atoms with Crippen LogP contribution in [0.3, 0.4) is 0 Å². The van der Waals surface area contributed by atoms with Gasteiger partial charge < -0.3 is 19.5 Å². The van der Waals surface area contributed by atoms with Crippen molar-refractivity contribution in [2.75, 3.05) is 47.0 Å². The number of aromatic amines is 1. The van der Waals surface area contributed by atoms with Crippen molar-refractivity contribution in [3.63, 3.8) is 0 Å². The number of benzene rings is 2. The fourth-order valence-corrected chi connectivity index (χ4v) is 4.87. The molecule has 13 heteroatoms. The van der Waals surface area contributed by atoms with E-state index in [1.54, 1.807) is 24.3 Å². The van der Waals surface area contributed by atoms with Gasteiger partial charge in [0.25, 0.3) is 0 Å². The Labute approximate surface area is 210 Å². The third kappa shape index (κ3) is 5.88. The number of piperazine rings is 1. The van der Waals surface area contributed by atoms with Crippen LogP contribution >= 0.6 is 0 Å². The summed E-state index contributed by atoms with van der Waals surface area (Å²) in [5, 5.41) is 0.859. The smallest absolute Gasteiger partial charge is 0.406 e. The fraction of sp³-hybridized carbons (Fsp3) is 0.250. The van der Waals surface area contributed by atoms with E-state index >= 15 is 0 Å². The predicted octanol–water partition coefficient (Wildman–Crippen LogP) is 4.22. The Morgan fingerprint density at radius 3 is 2.22 bits per heavy atom. The Morgan fingerprint density at radius 1 is 0.946 bits per heavy atom. The number of alkyl halides is 3. The first-order valence-electron chi connectivity index (χ1n) is 11.3. The second kappa shape index (κ2) is 9.47. The Bertz CT molecular complexity index is 1500. The van der Waals surface area contributed by atoms with Gasteiger partial charge in [-0.05, 0) is 48.0 Å². The van der Waals surface area contributed by atoms with Crippen LogP contribution in [-0.4, -0.2) is 62.2 Å². The molecule has 0 unspecified atom stereocenters. The van der Waals surface area contributed by atoms with Gasteiger partial charge in [0, 0.05) is 43.2 Å². The van der Waals surface area contributed by atoms with Crippen LogP contribution < -0.4 is 19.3 Å². The first-order valence-corrected chi connectivity index (χ1v) is 13.2. The van der Waals surface area contributed by atoms with Crippen LogP contribution in [0.5, 0.6) is 5.75 Å². The van der Waals surface area contributed by atoms with Crippen molar-refractivity contribution < 1.29 is 26.3 Å². The van der Waals surface area contributed by atoms with Crippen LogP contribution in [0.4, 0.5) is 30.4 Å². The topological polar surface area (TPSA) is 103 Å². The van der Waals surface area contributed by atoms with Gasteiger partial charge in [0.2, 0.25) is 10.0 Å². The van der Waals surface area contributed by atoms with Crippen LogP contribution in [0, 0.1) is 0 Å². The molecule has 4 aromatic rings. The van der Waals surface area contributed by atoms with E-state index in [4.69, 9.17) is 0 Å². The van der Waals surface area contributed by atoms with Crippen molar-refractivity contribution in [3.05, 3.63) is 60.9 Å². The van der Waals surface area contributed by atoms with E-state index in [1.165, 1.54) is 18.5 Å². The summed E-state index contributed by atoms with van der Waals surface area (Å²) < 4.78 is 66.5. The molecular formula is C24H23F3N6O3S. The molecule has 194 valence electrons. The third-order valence-corrected chi connectivity index (χ3v) is 6.52. The molecule has 2 aromatic heterocycles. The van der Waals surface area contributed by atoms with Crippen molar-refractivity contribution >= 4 is 38.2 Å². The van der Waals surface area contributed by atoms with E-state index in [-0.39, 0.29) is 5.75 Å². The van der Waals surface area contributed by atoms with Gasteiger partial charge in [0.15, 0.2) is 0 Å². The molecule has 9 nitrogen and oxygen atoms in total. The van der Waals surface area contributed by atoms with E-state index in [9.17, 15) is 21.6 Å². The van der Waals surface area contributed by atoms with Crippen molar-refractivity contribution in [1.29, 1.82) is 0 Å². The van der Waals surface area contributed by atoms with Gasteiger partial charge >= 0.3 is 6.36 Å². The minimum Gasteiger partial charge on any atom is -0.406 e. The molecule has 0 atom stereocenters. The molecule has 1 aliphatic rings. The Morgan fingerprint density at radius 2 is 1.59 bits per heavy atom. The Kier molecular flexibility index (Phi) is 6.31. The molecule has 3 heterocycles. The molecule has 5 rings (SSSR count). The Hall–Kier alpha value is -4.00. The second-order valence-electron chi connectivity index (χ2n) is 8.61. The number of halogens is 3. The van der Waals surface area contributed by atoms with Crippen molar-refractivity contribution in [3.8, 4) is 17.0 Å². The highest BCUT2D eigenvalue weighted by Crippen LogP contribution is 2.31. The van der Waals surface area contributed by atoms with Crippen LogP contribution in [0.15, 0.2) is 60.9 Å². The molecule has 37 heavy (non-hydrogen) atoms. The number of fused-ring (bicyclic) bond motifs is 1.